The standard InChI is InChI=1S/C19H20ClN3O2/c1-12-10-13(20)6-9-16(12)21-11-18(24)23-17-5-3-2-4-15(17)19(25)22-14-7-8-14/h2-6,9-10,14,21H,7-8,11H2,1H3,(H,22,25)(H,23,24). The molecule has 2 amide bonds. The largest absolute Gasteiger partial charge is 0.376 e. The average molecular weight is 358 g/mol. The smallest absolute Gasteiger partial charge is 0.253 e. The van der Waals surface area contributed by atoms with Crippen molar-refractivity contribution in [2.45, 2.75) is 25.8 Å². The van der Waals surface area contributed by atoms with Crippen LogP contribution in [0.1, 0.15) is 28.8 Å². The lowest BCUT2D eigenvalue weighted by molar-refractivity contribution is -0.114. The van der Waals surface area contributed by atoms with Gasteiger partial charge in [0.15, 0.2) is 0 Å². The first-order valence-electron chi connectivity index (χ1n) is 8.22. The molecule has 0 aliphatic heterocycles. The van der Waals surface area contributed by atoms with E-state index in [4.69, 9.17) is 11.6 Å². The maximum atomic E-state index is 12.3. The molecule has 1 aliphatic rings. The van der Waals surface area contributed by atoms with E-state index in [-0.39, 0.29) is 24.4 Å². The predicted molar refractivity (Wildman–Crippen MR) is 100 cm³/mol. The number of benzene rings is 2. The molecule has 0 bridgehead atoms. The second-order valence-corrected chi connectivity index (χ2v) is 6.59. The van der Waals surface area contributed by atoms with E-state index in [1.165, 1.54) is 0 Å². The summed E-state index contributed by atoms with van der Waals surface area (Å²) in [6, 6.07) is 12.7. The minimum Gasteiger partial charge on any atom is -0.376 e. The highest BCUT2D eigenvalue weighted by atomic mass is 35.5. The minimum absolute atomic E-state index is 0.0983. The Morgan fingerprint density at radius 2 is 1.88 bits per heavy atom. The maximum absolute atomic E-state index is 12.3. The molecule has 3 N–H and O–H groups in total. The van der Waals surface area contributed by atoms with Crippen LogP contribution in [0.5, 0.6) is 0 Å². The molecular weight excluding hydrogens is 338 g/mol. The molecule has 25 heavy (non-hydrogen) atoms. The fraction of sp³-hybridized carbons (Fsp3) is 0.263. The van der Waals surface area contributed by atoms with E-state index in [1.807, 2.05) is 19.1 Å². The van der Waals surface area contributed by atoms with Crippen molar-refractivity contribution in [3.63, 3.8) is 0 Å². The molecule has 0 saturated heterocycles. The third kappa shape index (κ3) is 4.73. The third-order valence-electron chi connectivity index (χ3n) is 3.99. The number of anilines is 2. The molecule has 0 unspecified atom stereocenters. The summed E-state index contributed by atoms with van der Waals surface area (Å²) in [5, 5.41) is 9.47. The highest BCUT2D eigenvalue weighted by Crippen LogP contribution is 2.22. The Kier molecular flexibility index (Phi) is 5.24. The molecule has 0 heterocycles. The van der Waals surface area contributed by atoms with Crippen molar-refractivity contribution in [1.82, 2.24) is 5.32 Å². The highest BCUT2D eigenvalue weighted by molar-refractivity contribution is 6.30. The first-order valence-corrected chi connectivity index (χ1v) is 8.60. The van der Waals surface area contributed by atoms with Crippen LogP contribution < -0.4 is 16.0 Å². The Bertz CT molecular complexity index is 803. The predicted octanol–water partition coefficient (Wildman–Crippen LogP) is 3.59. The molecular formula is C19H20ClN3O2. The summed E-state index contributed by atoms with van der Waals surface area (Å²) in [4.78, 5) is 24.5. The van der Waals surface area contributed by atoms with Gasteiger partial charge < -0.3 is 16.0 Å². The molecule has 0 aromatic heterocycles. The van der Waals surface area contributed by atoms with Gasteiger partial charge in [0, 0.05) is 16.8 Å². The SMILES string of the molecule is Cc1cc(Cl)ccc1NCC(=O)Nc1ccccc1C(=O)NC1CC1. The van der Waals surface area contributed by atoms with Crippen molar-refractivity contribution in [2.24, 2.45) is 0 Å². The molecule has 0 atom stereocenters. The molecule has 1 aliphatic carbocycles. The molecule has 1 saturated carbocycles. The lowest BCUT2D eigenvalue weighted by Gasteiger charge is -2.13. The molecule has 0 radical (unpaired) electrons. The lowest BCUT2D eigenvalue weighted by atomic mass is 10.1. The van der Waals surface area contributed by atoms with E-state index in [1.54, 1.807) is 30.3 Å². The summed E-state index contributed by atoms with van der Waals surface area (Å²) in [6.45, 7) is 2.02. The fourth-order valence-corrected chi connectivity index (χ4v) is 2.70. The monoisotopic (exact) mass is 357 g/mol. The van der Waals surface area contributed by atoms with Gasteiger partial charge in [0.2, 0.25) is 5.91 Å². The van der Waals surface area contributed by atoms with Gasteiger partial charge in [-0.2, -0.15) is 0 Å². The summed E-state index contributed by atoms with van der Waals surface area (Å²) in [5.41, 5.74) is 2.80. The van der Waals surface area contributed by atoms with E-state index in [0.29, 0.717) is 16.3 Å². The van der Waals surface area contributed by atoms with Crippen LogP contribution in [0.15, 0.2) is 42.5 Å². The summed E-state index contributed by atoms with van der Waals surface area (Å²) in [5.74, 6) is -0.374. The topological polar surface area (TPSA) is 70.2 Å². The maximum Gasteiger partial charge on any atom is 0.253 e. The zero-order chi connectivity index (χ0) is 17.8. The number of hydrogen-bond acceptors (Lipinski definition) is 3. The van der Waals surface area contributed by atoms with Gasteiger partial charge in [0.1, 0.15) is 0 Å². The van der Waals surface area contributed by atoms with Crippen molar-refractivity contribution in [3.05, 3.63) is 58.6 Å². The normalized spacial score (nSPS) is 13.2. The van der Waals surface area contributed by atoms with Crippen LogP contribution in [0.25, 0.3) is 0 Å². The van der Waals surface area contributed by atoms with Crippen molar-refractivity contribution < 1.29 is 9.59 Å². The van der Waals surface area contributed by atoms with E-state index in [9.17, 15) is 9.59 Å². The van der Waals surface area contributed by atoms with Crippen LogP contribution >= 0.6 is 11.6 Å². The highest BCUT2D eigenvalue weighted by Gasteiger charge is 2.24. The number of carbonyl (C=O) groups excluding carboxylic acids is 2. The second kappa shape index (κ2) is 7.57. The van der Waals surface area contributed by atoms with Gasteiger partial charge in [-0.05, 0) is 55.7 Å². The third-order valence-corrected chi connectivity index (χ3v) is 4.22. The number of para-hydroxylation sites is 1. The molecule has 0 spiro atoms. The van der Waals surface area contributed by atoms with Gasteiger partial charge in [-0.25, -0.2) is 0 Å². The Morgan fingerprint density at radius 1 is 1.12 bits per heavy atom. The van der Waals surface area contributed by atoms with E-state index < -0.39 is 0 Å². The van der Waals surface area contributed by atoms with Crippen molar-refractivity contribution >= 4 is 34.8 Å². The molecule has 2 aromatic rings. The van der Waals surface area contributed by atoms with Gasteiger partial charge in [-0.3, -0.25) is 9.59 Å². The van der Waals surface area contributed by atoms with Gasteiger partial charge in [0.25, 0.3) is 5.91 Å². The van der Waals surface area contributed by atoms with Crippen LogP contribution in [-0.2, 0) is 4.79 Å². The number of carbonyl (C=O) groups is 2. The van der Waals surface area contributed by atoms with Crippen molar-refractivity contribution in [3.8, 4) is 0 Å². The van der Waals surface area contributed by atoms with Crippen LogP contribution in [0.3, 0.4) is 0 Å². The Labute approximate surface area is 151 Å². The van der Waals surface area contributed by atoms with Crippen LogP contribution in [0, 0.1) is 6.92 Å². The second-order valence-electron chi connectivity index (χ2n) is 6.15. The number of halogens is 1. The summed E-state index contributed by atoms with van der Waals surface area (Å²) in [7, 11) is 0. The Hall–Kier alpha value is -2.53. The molecule has 3 rings (SSSR count). The van der Waals surface area contributed by atoms with Gasteiger partial charge in [-0.15, -0.1) is 0 Å². The summed E-state index contributed by atoms with van der Waals surface area (Å²) >= 11 is 5.93. The quantitative estimate of drug-likeness (QED) is 0.740. The zero-order valence-corrected chi connectivity index (χ0v) is 14.7. The van der Waals surface area contributed by atoms with E-state index in [0.717, 1.165) is 24.1 Å². The summed E-state index contributed by atoms with van der Waals surface area (Å²) in [6.07, 6.45) is 2.04. The number of hydrogen-bond donors (Lipinski definition) is 3. The van der Waals surface area contributed by atoms with Gasteiger partial charge >= 0.3 is 0 Å². The van der Waals surface area contributed by atoms with E-state index >= 15 is 0 Å². The Morgan fingerprint density at radius 3 is 2.60 bits per heavy atom. The average Bonchev–Trinajstić information content (AvgIpc) is 3.38. The van der Waals surface area contributed by atoms with Crippen LogP contribution in [0.2, 0.25) is 5.02 Å². The van der Waals surface area contributed by atoms with Gasteiger partial charge in [-0.1, -0.05) is 23.7 Å². The minimum atomic E-state index is -0.221. The number of amides is 2. The number of nitrogens with one attached hydrogen (secondary N) is 3. The van der Waals surface area contributed by atoms with Crippen LogP contribution in [-0.4, -0.2) is 24.4 Å². The van der Waals surface area contributed by atoms with Crippen molar-refractivity contribution in [1.29, 1.82) is 0 Å². The molecule has 6 heteroatoms. The molecule has 1 fully saturated rings. The first-order chi connectivity index (χ1) is 12.0. The van der Waals surface area contributed by atoms with Crippen molar-refractivity contribution in [2.75, 3.05) is 17.2 Å². The zero-order valence-electron chi connectivity index (χ0n) is 13.9. The van der Waals surface area contributed by atoms with E-state index in [2.05, 4.69) is 16.0 Å². The fourth-order valence-electron chi connectivity index (χ4n) is 2.48. The summed E-state index contributed by atoms with van der Waals surface area (Å²) < 4.78 is 0. The molecule has 5 nitrogen and oxygen atoms in total. The number of aryl methyl sites for hydroxylation is 1. The number of rotatable bonds is 6. The molecule has 130 valence electrons. The van der Waals surface area contributed by atoms with Crippen LogP contribution in [0.4, 0.5) is 11.4 Å². The van der Waals surface area contributed by atoms with Gasteiger partial charge in [0.05, 0.1) is 17.8 Å². The lowest BCUT2D eigenvalue weighted by Crippen LogP contribution is -2.28. The first kappa shape index (κ1) is 17.3. The Balaban J connectivity index is 1.61. The molecule has 2 aromatic carbocycles.